The summed E-state index contributed by atoms with van der Waals surface area (Å²) in [6.07, 6.45) is 0.870. The third-order valence-electron chi connectivity index (χ3n) is 4.74. The summed E-state index contributed by atoms with van der Waals surface area (Å²) in [6, 6.07) is 16.5. The molecule has 2 rings (SSSR count). The van der Waals surface area contributed by atoms with Crippen LogP contribution in [0.15, 0.2) is 54.6 Å². The molecule has 2 aromatic carbocycles. The van der Waals surface area contributed by atoms with Gasteiger partial charge in [0.05, 0.1) is 19.1 Å². The summed E-state index contributed by atoms with van der Waals surface area (Å²) >= 11 is 0. The Hall–Kier alpha value is -3.35. The van der Waals surface area contributed by atoms with Crippen LogP contribution in [0.4, 0.5) is 10.5 Å². The number of carbonyl (C=O) groups is 3. The first-order chi connectivity index (χ1) is 13.9. The third-order valence-corrected chi connectivity index (χ3v) is 4.74. The van der Waals surface area contributed by atoms with Crippen LogP contribution in [0.3, 0.4) is 0 Å². The molecule has 1 atom stereocenters. The zero-order valence-electron chi connectivity index (χ0n) is 17.0. The summed E-state index contributed by atoms with van der Waals surface area (Å²) in [5.41, 5.74) is 1.93. The highest BCUT2D eigenvalue weighted by molar-refractivity contribution is 5.90. The average Bonchev–Trinajstić information content (AvgIpc) is 2.73. The van der Waals surface area contributed by atoms with Crippen molar-refractivity contribution in [2.24, 2.45) is 0 Å². The predicted octanol–water partition coefficient (Wildman–Crippen LogP) is 2.97. The first-order valence-corrected chi connectivity index (χ1v) is 9.43. The lowest BCUT2D eigenvalue weighted by Gasteiger charge is -2.30. The molecule has 154 valence electrons. The minimum absolute atomic E-state index is 0.130. The smallest absolute Gasteiger partial charge is 0.325 e. The highest BCUT2D eigenvalue weighted by Crippen LogP contribution is 2.24. The molecule has 0 aliphatic carbocycles. The number of carbonyl (C=O) groups excluding carboxylic acids is 3. The maximum absolute atomic E-state index is 12.5. The standard InChI is InChI=1S/C22H27N3O4/c1-4-22(2,17-8-6-5-7-9-17)25-21(28)24-18-12-10-16(11-13-18)14-19(26)23-15-20(27)29-3/h5-13H,4,14-15H2,1-3H3,(H,23,26)(H2,24,25,28)/t22-/m1/s1. The SMILES string of the molecule is CC[C@@](C)(NC(=O)Nc1ccc(CC(=O)NCC(=O)OC)cc1)c1ccccc1. The number of ether oxygens (including phenoxy) is 1. The Labute approximate surface area is 170 Å². The lowest BCUT2D eigenvalue weighted by Crippen LogP contribution is -2.45. The van der Waals surface area contributed by atoms with Gasteiger partial charge < -0.3 is 20.7 Å². The maximum atomic E-state index is 12.5. The van der Waals surface area contributed by atoms with Crippen molar-refractivity contribution in [1.29, 1.82) is 0 Å². The molecule has 2 aromatic rings. The van der Waals surface area contributed by atoms with E-state index in [-0.39, 0.29) is 24.9 Å². The maximum Gasteiger partial charge on any atom is 0.325 e. The molecule has 7 heteroatoms. The van der Waals surface area contributed by atoms with E-state index in [4.69, 9.17) is 0 Å². The normalized spacial score (nSPS) is 12.4. The fourth-order valence-corrected chi connectivity index (χ4v) is 2.78. The Morgan fingerprint density at radius 3 is 2.24 bits per heavy atom. The molecule has 0 fully saturated rings. The molecule has 0 saturated heterocycles. The Kier molecular flexibility index (Phi) is 7.77. The Balaban J connectivity index is 1.91. The topological polar surface area (TPSA) is 96.5 Å². The first-order valence-electron chi connectivity index (χ1n) is 9.43. The molecular formula is C22H27N3O4. The molecule has 0 aliphatic heterocycles. The Morgan fingerprint density at radius 1 is 1.00 bits per heavy atom. The first kappa shape index (κ1) is 21.9. The largest absolute Gasteiger partial charge is 0.468 e. The van der Waals surface area contributed by atoms with Gasteiger partial charge in [-0.1, -0.05) is 49.4 Å². The van der Waals surface area contributed by atoms with Crippen molar-refractivity contribution in [3.05, 3.63) is 65.7 Å². The van der Waals surface area contributed by atoms with Crippen molar-refractivity contribution in [3.63, 3.8) is 0 Å². The summed E-state index contributed by atoms with van der Waals surface area (Å²) < 4.78 is 4.47. The van der Waals surface area contributed by atoms with Crippen LogP contribution in [0.1, 0.15) is 31.4 Å². The van der Waals surface area contributed by atoms with Crippen LogP contribution in [0, 0.1) is 0 Å². The van der Waals surface area contributed by atoms with Gasteiger partial charge in [0.2, 0.25) is 5.91 Å². The van der Waals surface area contributed by atoms with Crippen molar-refractivity contribution in [1.82, 2.24) is 10.6 Å². The van der Waals surface area contributed by atoms with E-state index in [0.29, 0.717) is 5.69 Å². The molecule has 3 N–H and O–H groups in total. The number of anilines is 1. The molecule has 0 saturated carbocycles. The molecular weight excluding hydrogens is 370 g/mol. The molecule has 0 aromatic heterocycles. The van der Waals surface area contributed by atoms with Crippen molar-refractivity contribution in [2.75, 3.05) is 19.0 Å². The molecule has 3 amide bonds. The number of hydrogen-bond donors (Lipinski definition) is 3. The van der Waals surface area contributed by atoms with Crippen molar-refractivity contribution < 1.29 is 19.1 Å². The number of rotatable bonds is 8. The fraction of sp³-hybridized carbons (Fsp3) is 0.318. The zero-order chi connectivity index (χ0) is 21.3. The number of esters is 1. The molecule has 0 bridgehead atoms. The van der Waals surface area contributed by atoms with E-state index in [1.807, 2.05) is 44.2 Å². The van der Waals surface area contributed by atoms with Gasteiger partial charge in [0.15, 0.2) is 0 Å². The average molecular weight is 397 g/mol. The summed E-state index contributed by atoms with van der Waals surface area (Å²) in [6.45, 7) is 3.85. The number of amides is 3. The van der Waals surface area contributed by atoms with Crippen LogP contribution >= 0.6 is 0 Å². The molecule has 0 spiro atoms. The Bertz CT molecular complexity index is 837. The third kappa shape index (κ3) is 6.64. The molecule has 7 nitrogen and oxygen atoms in total. The minimum Gasteiger partial charge on any atom is -0.468 e. The van der Waals surface area contributed by atoms with Crippen LogP contribution in [-0.2, 0) is 26.3 Å². The second kappa shape index (κ2) is 10.3. The zero-order valence-corrected chi connectivity index (χ0v) is 17.0. The number of urea groups is 1. The van der Waals surface area contributed by atoms with E-state index in [9.17, 15) is 14.4 Å². The second-order valence-electron chi connectivity index (χ2n) is 6.86. The summed E-state index contributed by atoms with van der Waals surface area (Å²) in [4.78, 5) is 35.3. The van der Waals surface area contributed by atoms with E-state index in [0.717, 1.165) is 17.5 Å². The quantitative estimate of drug-likeness (QED) is 0.597. The van der Waals surface area contributed by atoms with E-state index in [2.05, 4.69) is 20.7 Å². The van der Waals surface area contributed by atoms with Crippen LogP contribution in [0.2, 0.25) is 0 Å². The monoisotopic (exact) mass is 397 g/mol. The van der Waals surface area contributed by atoms with Gasteiger partial charge in [0.1, 0.15) is 6.54 Å². The van der Waals surface area contributed by atoms with Gasteiger partial charge in [-0.15, -0.1) is 0 Å². The molecule has 0 heterocycles. The lowest BCUT2D eigenvalue weighted by atomic mass is 9.89. The van der Waals surface area contributed by atoms with Gasteiger partial charge in [0.25, 0.3) is 0 Å². The second-order valence-corrected chi connectivity index (χ2v) is 6.86. The van der Waals surface area contributed by atoms with E-state index >= 15 is 0 Å². The van der Waals surface area contributed by atoms with E-state index in [1.165, 1.54) is 7.11 Å². The van der Waals surface area contributed by atoms with E-state index in [1.54, 1.807) is 24.3 Å². The molecule has 0 unspecified atom stereocenters. The van der Waals surface area contributed by atoms with Gasteiger partial charge in [0, 0.05) is 5.69 Å². The molecule has 0 radical (unpaired) electrons. The Morgan fingerprint density at radius 2 is 1.66 bits per heavy atom. The number of benzene rings is 2. The summed E-state index contributed by atoms with van der Waals surface area (Å²) in [5.74, 6) is -0.783. The van der Waals surface area contributed by atoms with Crippen LogP contribution in [0.5, 0.6) is 0 Å². The predicted molar refractivity (Wildman–Crippen MR) is 111 cm³/mol. The van der Waals surface area contributed by atoms with Gasteiger partial charge >= 0.3 is 12.0 Å². The van der Waals surface area contributed by atoms with Gasteiger partial charge in [-0.25, -0.2) is 4.79 Å². The van der Waals surface area contributed by atoms with Crippen molar-refractivity contribution in [2.45, 2.75) is 32.2 Å². The summed E-state index contributed by atoms with van der Waals surface area (Å²) in [5, 5.41) is 8.33. The number of nitrogens with one attached hydrogen (secondary N) is 3. The minimum atomic E-state index is -0.501. The van der Waals surface area contributed by atoms with Crippen LogP contribution < -0.4 is 16.0 Å². The van der Waals surface area contributed by atoms with Crippen LogP contribution in [0.25, 0.3) is 0 Å². The summed E-state index contributed by atoms with van der Waals surface area (Å²) in [7, 11) is 1.26. The van der Waals surface area contributed by atoms with Crippen molar-refractivity contribution in [3.8, 4) is 0 Å². The number of hydrogen-bond acceptors (Lipinski definition) is 4. The number of methoxy groups -OCH3 is 1. The van der Waals surface area contributed by atoms with Crippen LogP contribution in [-0.4, -0.2) is 31.6 Å². The lowest BCUT2D eigenvalue weighted by molar-refractivity contribution is -0.141. The highest BCUT2D eigenvalue weighted by Gasteiger charge is 2.26. The van der Waals surface area contributed by atoms with Gasteiger partial charge in [-0.3, -0.25) is 9.59 Å². The fourth-order valence-electron chi connectivity index (χ4n) is 2.78. The molecule has 0 aliphatic rings. The van der Waals surface area contributed by atoms with E-state index < -0.39 is 11.5 Å². The highest BCUT2D eigenvalue weighted by atomic mass is 16.5. The van der Waals surface area contributed by atoms with Crippen molar-refractivity contribution >= 4 is 23.6 Å². The van der Waals surface area contributed by atoms with Gasteiger partial charge in [-0.05, 0) is 36.6 Å². The molecule has 29 heavy (non-hydrogen) atoms. The van der Waals surface area contributed by atoms with Gasteiger partial charge in [-0.2, -0.15) is 0 Å².